The summed E-state index contributed by atoms with van der Waals surface area (Å²) < 4.78 is 16.8. The third kappa shape index (κ3) is 3.68. The van der Waals surface area contributed by atoms with E-state index in [1.165, 1.54) is 0 Å². The molecule has 1 heterocycles. The number of anilines is 1. The molecule has 0 aliphatic rings. The van der Waals surface area contributed by atoms with Crippen molar-refractivity contribution in [3.63, 3.8) is 0 Å². The van der Waals surface area contributed by atoms with Gasteiger partial charge in [-0.15, -0.1) is 0 Å². The predicted molar refractivity (Wildman–Crippen MR) is 116 cm³/mol. The summed E-state index contributed by atoms with van der Waals surface area (Å²) in [5, 5.41) is 2.08. The lowest BCUT2D eigenvalue weighted by atomic mass is 10.0. The van der Waals surface area contributed by atoms with Gasteiger partial charge in [-0.2, -0.15) is 0 Å². The average Bonchev–Trinajstić information content (AvgIpc) is 2.96. The van der Waals surface area contributed by atoms with E-state index in [1.807, 2.05) is 65.0 Å². The molecular formula is C24H29NO4. The van der Waals surface area contributed by atoms with Gasteiger partial charge in [-0.3, -0.25) is 9.69 Å². The molecule has 3 rings (SSSR count). The van der Waals surface area contributed by atoms with Gasteiger partial charge in [-0.25, -0.2) is 0 Å². The minimum Gasteiger partial charge on any atom is -0.466 e. The van der Waals surface area contributed by atoms with Crippen LogP contribution in [0, 0.1) is 27.7 Å². The molecule has 0 N–H and O–H groups in total. The minimum atomic E-state index is -0.578. The molecule has 154 valence electrons. The van der Waals surface area contributed by atoms with Crippen LogP contribution in [-0.4, -0.2) is 32.5 Å². The van der Waals surface area contributed by atoms with Crippen LogP contribution in [0.1, 0.15) is 39.9 Å². The number of fused-ring (bicyclic) bond motifs is 1. The van der Waals surface area contributed by atoms with E-state index in [0.29, 0.717) is 11.3 Å². The molecule has 0 bridgehead atoms. The van der Waals surface area contributed by atoms with E-state index in [1.54, 1.807) is 19.1 Å². The predicted octanol–water partition coefficient (Wildman–Crippen LogP) is 5.32. The lowest BCUT2D eigenvalue weighted by molar-refractivity contribution is -0.113. The van der Waals surface area contributed by atoms with Crippen molar-refractivity contribution in [2.24, 2.45) is 0 Å². The van der Waals surface area contributed by atoms with Crippen LogP contribution in [0.25, 0.3) is 10.8 Å². The van der Waals surface area contributed by atoms with Gasteiger partial charge in [0, 0.05) is 25.2 Å². The van der Waals surface area contributed by atoms with Crippen LogP contribution in [0.5, 0.6) is 0 Å². The van der Waals surface area contributed by atoms with E-state index in [4.69, 9.17) is 13.9 Å². The number of ether oxygens (including phenoxy) is 2. The van der Waals surface area contributed by atoms with E-state index in [2.05, 4.69) is 6.07 Å². The molecular weight excluding hydrogens is 366 g/mol. The zero-order valence-corrected chi connectivity index (χ0v) is 18.2. The molecule has 0 fully saturated rings. The van der Waals surface area contributed by atoms with Crippen LogP contribution in [0.15, 0.2) is 40.8 Å². The SMILES string of the molecule is COC(OC)C(C)N(C(=O)c1c(C)oc(C)c1C)c1c(C)ccc2ccccc12. The maximum atomic E-state index is 13.9. The first-order valence-corrected chi connectivity index (χ1v) is 9.75. The highest BCUT2D eigenvalue weighted by Gasteiger charge is 2.34. The van der Waals surface area contributed by atoms with E-state index in [0.717, 1.165) is 33.3 Å². The van der Waals surface area contributed by atoms with E-state index >= 15 is 0 Å². The summed E-state index contributed by atoms with van der Waals surface area (Å²) in [6.45, 7) is 9.58. The lowest BCUT2D eigenvalue weighted by Gasteiger charge is -2.35. The molecule has 0 aliphatic heterocycles. The third-order valence-corrected chi connectivity index (χ3v) is 5.60. The number of hydrogen-bond acceptors (Lipinski definition) is 4. The standard InChI is InChI=1S/C24H29NO4/c1-14-12-13-19-10-8-9-11-20(19)22(14)25(16(3)24(27-6)28-7)23(26)21-15(2)17(4)29-18(21)5/h8-13,16,24H,1-7H3. The van der Waals surface area contributed by atoms with Gasteiger partial charge < -0.3 is 13.9 Å². The van der Waals surface area contributed by atoms with Crippen LogP contribution in [-0.2, 0) is 9.47 Å². The number of amides is 1. The smallest absolute Gasteiger partial charge is 0.262 e. The van der Waals surface area contributed by atoms with Crippen molar-refractivity contribution >= 4 is 22.4 Å². The Hall–Kier alpha value is -2.63. The van der Waals surface area contributed by atoms with Crippen LogP contribution < -0.4 is 4.90 Å². The van der Waals surface area contributed by atoms with Gasteiger partial charge in [-0.05, 0) is 45.6 Å². The van der Waals surface area contributed by atoms with Crippen LogP contribution >= 0.6 is 0 Å². The largest absolute Gasteiger partial charge is 0.466 e. The highest BCUT2D eigenvalue weighted by atomic mass is 16.7. The number of benzene rings is 2. The number of furan rings is 1. The van der Waals surface area contributed by atoms with E-state index in [-0.39, 0.29) is 11.9 Å². The fourth-order valence-electron chi connectivity index (χ4n) is 4.01. The summed E-state index contributed by atoms with van der Waals surface area (Å²) in [4.78, 5) is 15.7. The maximum absolute atomic E-state index is 13.9. The molecule has 0 spiro atoms. The molecule has 2 aromatic carbocycles. The molecule has 0 saturated heterocycles. The normalized spacial score (nSPS) is 12.6. The highest BCUT2D eigenvalue weighted by Crippen LogP contribution is 2.35. The fourth-order valence-corrected chi connectivity index (χ4v) is 4.01. The second-order valence-corrected chi connectivity index (χ2v) is 7.42. The summed E-state index contributed by atoms with van der Waals surface area (Å²) in [6, 6.07) is 11.8. The van der Waals surface area contributed by atoms with Crippen molar-refractivity contribution in [1.29, 1.82) is 0 Å². The molecule has 5 heteroatoms. The van der Waals surface area contributed by atoms with Gasteiger partial charge in [0.2, 0.25) is 0 Å². The number of nitrogens with zero attached hydrogens (tertiary/aromatic N) is 1. The Morgan fingerprint density at radius 2 is 1.62 bits per heavy atom. The average molecular weight is 395 g/mol. The third-order valence-electron chi connectivity index (χ3n) is 5.60. The minimum absolute atomic E-state index is 0.122. The van der Waals surface area contributed by atoms with Crippen molar-refractivity contribution in [3.8, 4) is 0 Å². The van der Waals surface area contributed by atoms with Crippen molar-refractivity contribution in [2.75, 3.05) is 19.1 Å². The Labute approximate surface area is 172 Å². The van der Waals surface area contributed by atoms with Crippen LogP contribution in [0.4, 0.5) is 5.69 Å². The maximum Gasteiger partial charge on any atom is 0.262 e. The highest BCUT2D eigenvalue weighted by molar-refractivity contribution is 6.13. The molecule has 0 saturated carbocycles. The van der Waals surface area contributed by atoms with Gasteiger partial charge in [0.05, 0.1) is 17.3 Å². The number of carbonyl (C=O) groups excluding carboxylic acids is 1. The number of hydrogen-bond donors (Lipinski definition) is 0. The first kappa shape index (κ1) is 21.1. The van der Waals surface area contributed by atoms with Gasteiger partial charge >= 0.3 is 0 Å². The first-order valence-electron chi connectivity index (χ1n) is 9.75. The molecule has 1 aromatic heterocycles. The Kier molecular flexibility index (Phi) is 6.10. The molecule has 29 heavy (non-hydrogen) atoms. The lowest BCUT2D eigenvalue weighted by Crippen LogP contribution is -2.47. The van der Waals surface area contributed by atoms with Crippen LogP contribution in [0.2, 0.25) is 0 Å². The zero-order chi connectivity index (χ0) is 21.3. The van der Waals surface area contributed by atoms with Crippen molar-refractivity contribution in [3.05, 3.63) is 64.6 Å². The molecule has 5 nitrogen and oxygen atoms in total. The molecule has 0 radical (unpaired) electrons. The van der Waals surface area contributed by atoms with Gasteiger partial charge in [0.15, 0.2) is 6.29 Å². The van der Waals surface area contributed by atoms with E-state index in [9.17, 15) is 4.79 Å². The van der Waals surface area contributed by atoms with Crippen LogP contribution in [0.3, 0.4) is 0 Å². The first-order chi connectivity index (χ1) is 13.8. The van der Waals surface area contributed by atoms with Crippen molar-refractivity contribution in [2.45, 2.75) is 47.0 Å². The summed E-state index contributed by atoms with van der Waals surface area (Å²) in [5.74, 6) is 1.25. The monoisotopic (exact) mass is 395 g/mol. The zero-order valence-electron chi connectivity index (χ0n) is 18.2. The summed E-state index contributed by atoms with van der Waals surface area (Å²) >= 11 is 0. The summed E-state index contributed by atoms with van der Waals surface area (Å²) in [6.07, 6.45) is -0.578. The quantitative estimate of drug-likeness (QED) is 0.530. The molecule has 0 aliphatic carbocycles. The number of aryl methyl sites for hydroxylation is 3. The molecule has 3 aromatic rings. The Balaban J connectivity index is 2.28. The number of methoxy groups -OCH3 is 2. The fraction of sp³-hybridized carbons (Fsp3) is 0.375. The molecule has 1 atom stereocenters. The van der Waals surface area contributed by atoms with Gasteiger partial charge in [0.1, 0.15) is 11.5 Å². The summed E-state index contributed by atoms with van der Waals surface area (Å²) in [7, 11) is 3.17. The Morgan fingerprint density at radius 3 is 2.21 bits per heavy atom. The van der Waals surface area contributed by atoms with Crippen molar-refractivity contribution < 1.29 is 18.7 Å². The second kappa shape index (κ2) is 8.39. The molecule has 1 unspecified atom stereocenters. The Morgan fingerprint density at radius 1 is 0.966 bits per heavy atom. The topological polar surface area (TPSA) is 51.9 Å². The van der Waals surface area contributed by atoms with Gasteiger partial charge in [0.25, 0.3) is 5.91 Å². The van der Waals surface area contributed by atoms with Crippen molar-refractivity contribution in [1.82, 2.24) is 0 Å². The van der Waals surface area contributed by atoms with E-state index < -0.39 is 6.29 Å². The van der Waals surface area contributed by atoms with Gasteiger partial charge in [-0.1, -0.05) is 36.4 Å². The number of rotatable bonds is 6. The number of carbonyl (C=O) groups is 1. The second-order valence-electron chi connectivity index (χ2n) is 7.42. The Bertz CT molecular complexity index is 1030. The molecule has 1 amide bonds. The summed E-state index contributed by atoms with van der Waals surface area (Å²) in [5.41, 5.74) is 3.31.